The molecule has 4 nitrogen and oxygen atoms in total. The van der Waals surface area contributed by atoms with Crippen molar-refractivity contribution in [2.75, 3.05) is 18.8 Å². The Morgan fingerprint density at radius 3 is 2.45 bits per heavy atom. The Balaban J connectivity index is 2.42. The van der Waals surface area contributed by atoms with Crippen LogP contribution in [0.1, 0.15) is 13.8 Å². The van der Waals surface area contributed by atoms with Gasteiger partial charge in [0, 0.05) is 33.7 Å². The van der Waals surface area contributed by atoms with Gasteiger partial charge in [-0.15, -0.1) is 0 Å². The summed E-state index contributed by atoms with van der Waals surface area (Å²) in [5.41, 5.74) is 5.88. The van der Waals surface area contributed by atoms with Gasteiger partial charge in [0.15, 0.2) is 0 Å². The van der Waals surface area contributed by atoms with Gasteiger partial charge in [-0.25, -0.2) is 12.8 Å². The number of sulfonamides is 1. The lowest BCUT2D eigenvalue weighted by atomic mass is 10.3. The van der Waals surface area contributed by atoms with Crippen molar-refractivity contribution in [2.45, 2.75) is 29.2 Å². The van der Waals surface area contributed by atoms with Gasteiger partial charge in [-0.2, -0.15) is 16.1 Å². The van der Waals surface area contributed by atoms with E-state index >= 15 is 0 Å². The average Bonchev–Trinajstić information content (AvgIpc) is 2.32. The van der Waals surface area contributed by atoms with Gasteiger partial charge in [-0.3, -0.25) is 0 Å². The topological polar surface area (TPSA) is 63.4 Å². The maximum absolute atomic E-state index is 14.0. The molecule has 2 rings (SSSR count). The predicted octanol–water partition coefficient (Wildman–Crippen LogP) is 2.68. The number of thioether (sulfide) groups is 1. The Morgan fingerprint density at radius 1 is 1.35 bits per heavy atom. The molecule has 20 heavy (non-hydrogen) atoms. The van der Waals surface area contributed by atoms with E-state index in [4.69, 9.17) is 5.73 Å². The zero-order valence-electron chi connectivity index (χ0n) is 11.1. The lowest BCUT2D eigenvalue weighted by molar-refractivity contribution is 0.401. The first-order chi connectivity index (χ1) is 9.21. The van der Waals surface area contributed by atoms with Crippen LogP contribution in [-0.4, -0.2) is 36.3 Å². The molecule has 8 heteroatoms. The second-order valence-electron chi connectivity index (χ2n) is 4.88. The maximum Gasteiger partial charge on any atom is 0.246 e. The minimum atomic E-state index is -3.85. The number of nitrogens with zero attached hydrogens (tertiary/aromatic N) is 1. The summed E-state index contributed by atoms with van der Waals surface area (Å²) in [5.74, 6) is -0.787. The third-order valence-corrected chi connectivity index (χ3v) is 6.82. The molecule has 0 aliphatic carbocycles. The molecule has 0 amide bonds. The van der Waals surface area contributed by atoms with Crippen molar-refractivity contribution in [3.05, 3.63) is 22.4 Å². The van der Waals surface area contributed by atoms with Crippen LogP contribution in [-0.2, 0) is 10.0 Å². The summed E-state index contributed by atoms with van der Waals surface area (Å²) >= 11 is 4.82. The summed E-state index contributed by atoms with van der Waals surface area (Å²) < 4.78 is 40.8. The number of nitrogens with two attached hydrogens (primary N) is 1. The van der Waals surface area contributed by atoms with Gasteiger partial charge in [-0.1, -0.05) is 13.8 Å². The van der Waals surface area contributed by atoms with Crippen LogP contribution in [0.2, 0.25) is 0 Å². The largest absolute Gasteiger partial charge is 0.398 e. The fourth-order valence-electron chi connectivity index (χ4n) is 2.21. The Hall–Kier alpha value is -0.310. The van der Waals surface area contributed by atoms with Crippen LogP contribution in [0.25, 0.3) is 0 Å². The Morgan fingerprint density at radius 2 is 1.90 bits per heavy atom. The number of halogens is 2. The zero-order chi connectivity index (χ0) is 15.1. The van der Waals surface area contributed by atoms with E-state index in [0.29, 0.717) is 17.6 Å². The summed E-state index contributed by atoms with van der Waals surface area (Å²) in [6.07, 6.45) is 0. The number of benzene rings is 1. The van der Waals surface area contributed by atoms with Gasteiger partial charge in [0.25, 0.3) is 0 Å². The van der Waals surface area contributed by atoms with Crippen LogP contribution in [0.5, 0.6) is 0 Å². The molecule has 0 spiro atoms. The average molecular weight is 383 g/mol. The van der Waals surface area contributed by atoms with E-state index in [2.05, 4.69) is 15.9 Å². The number of nitrogen functional groups attached to an aromatic ring is 1. The first-order valence-electron chi connectivity index (χ1n) is 6.12. The van der Waals surface area contributed by atoms with Crippen molar-refractivity contribution < 1.29 is 12.8 Å². The molecular weight excluding hydrogens is 367 g/mol. The van der Waals surface area contributed by atoms with Crippen molar-refractivity contribution in [1.82, 2.24) is 4.31 Å². The number of rotatable bonds is 2. The third-order valence-electron chi connectivity index (χ3n) is 3.06. The second-order valence-corrected chi connectivity index (χ2v) is 9.53. The maximum atomic E-state index is 14.0. The predicted molar refractivity (Wildman–Crippen MR) is 83.8 cm³/mol. The number of hydrogen-bond acceptors (Lipinski definition) is 4. The molecule has 112 valence electrons. The van der Waals surface area contributed by atoms with Crippen molar-refractivity contribution >= 4 is 43.4 Å². The van der Waals surface area contributed by atoms with Crippen LogP contribution < -0.4 is 5.73 Å². The van der Waals surface area contributed by atoms with Gasteiger partial charge in [0.05, 0.1) is 0 Å². The fraction of sp³-hybridized carbons (Fsp3) is 0.500. The molecule has 1 aromatic rings. The summed E-state index contributed by atoms with van der Waals surface area (Å²) in [7, 11) is -3.85. The molecule has 1 aliphatic rings. The van der Waals surface area contributed by atoms with Crippen molar-refractivity contribution in [3.63, 3.8) is 0 Å². The highest BCUT2D eigenvalue weighted by molar-refractivity contribution is 9.10. The molecule has 1 saturated heterocycles. The first kappa shape index (κ1) is 16.1. The molecular formula is C12H16BrFN2O2S2. The van der Waals surface area contributed by atoms with Crippen molar-refractivity contribution in [2.24, 2.45) is 0 Å². The van der Waals surface area contributed by atoms with E-state index in [9.17, 15) is 12.8 Å². The molecule has 1 aliphatic heterocycles. The van der Waals surface area contributed by atoms with Gasteiger partial charge >= 0.3 is 0 Å². The summed E-state index contributed by atoms with van der Waals surface area (Å²) in [5, 5.41) is 0.369. The van der Waals surface area contributed by atoms with Crippen molar-refractivity contribution in [3.8, 4) is 0 Å². The van der Waals surface area contributed by atoms with Crippen molar-refractivity contribution in [1.29, 1.82) is 0 Å². The fourth-order valence-corrected chi connectivity index (χ4v) is 5.74. The highest BCUT2D eigenvalue weighted by Gasteiger charge is 2.34. The van der Waals surface area contributed by atoms with E-state index in [1.165, 1.54) is 10.4 Å². The van der Waals surface area contributed by atoms with E-state index in [-0.39, 0.29) is 21.1 Å². The molecule has 0 aromatic heterocycles. The third kappa shape index (κ3) is 3.13. The number of anilines is 1. The Kier molecular flexibility index (Phi) is 4.68. The highest BCUT2D eigenvalue weighted by Crippen LogP contribution is 2.32. The summed E-state index contributed by atoms with van der Waals surface area (Å²) in [6, 6.07) is 2.26. The standard InChI is InChI=1S/C12H16BrFN2O2S2/c1-7-5-16(6-8(2)19-7)20(17,18)12-4-11(15)9(13)3-10(12)14/h3-4,7-8H,5-6,15H2,1-2H3. The summed E-state index contributed by atoms with van der Waals surface area (Å²) in [6.45, 7) is 4.70. The van der Waals surface area contributed by atoms with Gasteiger partial charge in [-0.05, 0) is 28.1 Å². The molecule has 0 bridgehead atoms. The Bertz CT molecular complexity index is 614. The molecule has 1 heterocycles. The quantitative estimate of drug-likeness (QED) is 0.798. The van der Waals surface area contributed by atoms with Crippen LogP contribution in [0.4, 0.5) is 10.1 Å². The van der Waals surface area contributed by atoms with E-state index in [1.807, 2.05) is 13.8 Å². The molecule has 0 radical (unpaired) electrons. The van der Waals surface area contributed by atoms with Crippen LogP contribution in [0, 0.1) is 5.82 Å². The Labute approximate surface area is 131 Å². The molecule has 0 saturated carbocycles. The normalized spacial score (nSPS) is 24.8. The van der Waals surface area contributed by atoms with Gasteiger partial charge < -0.3 is 5.73 Å². The van der Waals surface area contributed by atoms with Gasteiger partial charge in [0.2, 0.25) is 10.0 Å². The van der Waals surface area contributed by atoms with Crippen LogP contribution >= 0.6 is 27.7 Å². The minimum absolute atomic E-state index is 0.185. The molecule has 2 N–H and O–H groups in total. The highest BCUT2D eigenvalue weighted by atomic mass is 79.9. The second kappa shape index (κ2) is 5.82. The molecule has 1 aromatic carbocycles. The van der Waals surface area contributed by atoms with Gasteiger partial charge in [0.1, 0.15) is 10.7 Å². The first-order valence-corrected chi connectivity index (χ1v) is 9.29. The SMILES string of the molecule is CC1CN(S(=O)(=O)c2cc(N)c(Br)cc2F)CC(C)S1. The van der Waals surface area contributed by atoms with E-state index < -0.39 is 15.8 Å². The summed E-state index contributed by atoms with van der Waals surface area (Å²) in [4.78, 5) is -0.357. The monoisotopic (exact) mass is 382 g/mol. The zero-order valence-corrected chi connectivity index (χ0v) is 14.4. The molecule has 2 unspecified atom stereocenters. The number of hydrogen-bond donors (Lipinski definition) is 1. The molecule has 2 atom stereocenters. The lowest BCUT2D eigenvalue weighted by Crippen LogP contribution is -2.44. The molecule has 1 fully saturated rings. The van der Waals surface area contributed by atoms with E-state index in [1.54, 1.807) is 11.8 Å². The van der Waals surface area contributed by atoms with E-state index in [0.717, 1.165) is 6.07 Å². The van der Waals surface area contributed by atoms with Crippen LogP contribution in [0.15, 0.2) is 21.5 Å². The lowest BCUT2D eigenvalue weighted by Gasteiger charge is -2.33. The smallest absolute Gasteiger partial charge is 0.246 e. The minimum Gasteiger partial charge on any atom is -0.398 e. The van der Waals surface area contributed by atoms with Crippen LogP contribution in [0.3, 0.4) is 0 Å².